The highest BCUT2D eigenvalue weighted by Gasteiger charge is 2.17. The summed E-state index contributed by atoms with van der Waals surface area (Å²) < 4.78 is 0. The van der Waals surface area contributed by atoms with Crippen LogP contribution in [0.1, 0.15) is 30.5 Å². The zero-order chi connectivity index (χ0) is 20.2. The molecule has 1 atom stereocenters. The summed E-state index contributed by atoms with van der Waals surface area (Å²) in [6.45, 7) is 4.04. The molecule has 1 heterocycles. The van der Waals surface area contributed by atoms with Crippen LogP contribution in [0.4, 0.5) is 0 Å². The monoisotopic (exact) mass is 386 g/mol. The van der Waals surface area contributed by atoms with E-state index in [2.05, 4.69) is 46.6 Å². The van der Waals surface area contributed by atoms with E-state index in [0.717, 1.165) is 30.6 Å². The van der Waals surface area contributed by atoms with Gasteiger partial charge in [-0.1, -0.05) is 54.6 Å². The molecule has 1 unspecified atom stereocenters. The number of aromatic hydroxyl groups is 1. The molecule has 0 saturated heterocycles. The van der Waals surface area contributed by atoms with Gasteiger partial charge in [0.25, 0.3) is 0 Å². The van der Waals surface area contributed by atoms with Gasteiger partial charge in [0.2, 0.25) is 5.91 Å². The largest absolute Gasteiger partial charge is 0.508 e. The number of phenols is 1. The van der Waals surface area contributed by atoms with Crippen molar-refractivity contribution < 1.29 is 9.90 Å². The first-order chi connectivity index (χ1) is 14.1. The van der Waals surface area contributed by atoms with Crippen LogP contribution in [0.5, 0.6) is 5.75 Å². The van der Waals surface area contributed by atoms with Crippen LogP contribution in [0.2, 0.25) is 0 Å². The molecule has 148 valence electrons. The van der Waals surface area contributed by atoms with Gasteiger partial charge in [-0.2, -0.15) is 0 Å². The van der Waals surface area contributed by atoms with Gasteiger partial charge in [-0.3, -0.25) is 9.69 Å². The predicted octanol–water partition coefficient (Wildman–Crippen LogP) is 4.51. The fourth-order valence-electron chi connectivity index (χ4n) is 3.84. The molecule has 4 rings (SSSR count). The third-order valence-electron chi connectivity index (χ3n) is 5.55. The van der Waals surface area contributed by atoms with Crippen LogP contribution in [-0.4, -0.2) is 35.5 Å². The van der Waals surface area contributed by atoms with Crippen molar-refractivity contribution in [2.24, 2.45) is 0 Å². The topological polar surface area (TPSA) is 52.6 Å². The summed E-state index contributed by atoms with van der Waals surface area (Å²) in [5.74, 6) is 0.330. The Morgan fingerprint density at radius 1 is 1.07 bits per heavy atom. The summed E-state index contributed by atoms with van der Waals surface area (Å²) in [6.07, 6.45) is 3.08. The molecule has 29 heavy (non-hydrogen) atoms. The maximum Gasteiger partial charge on any atom is 0.234 e. The highest BCUT2D eigenvalue weighted by Crippen LogP contribution is 2.24. The van der Waals surface area contributed by atoms with Crippen LogP contribution < -0.4 is 5.32 Å². The minimum absolute atomic E-state index is 0.0278. The molecule has 0 radical (unpaired) electrons. The van der Waals surface area contributed by atoms with Crippen molar-refractivity contribution >= 4 is 22.3 Å². The number of amides is 1. The van der Waals surface area contributed by atoms with Crippen molar-refractivity contribution in [1.29, 1.82) is 0 Å². The van der Waals surface area contributed by atoms with Crippen molar-refractivity contribution in [2.75, 3.05) is 19.6 Å². The fraction of sp³-hybridized carbons (Fsp3) is 0.240. The van der Waals surface area contributed by atoms with E-state index in [1.165, 1.54) is 16.3 Å². The number of hydrogen-bond donors (Lipinski definition) is 2. The van der Waals surface area contributed by atoms with E-state index in [-0.39, 0.29) is 17.7 Å². The molecule has 0 fully saturated rings. The normalized spacial score (nSPS) is 15.7. The second-order valence-electron chi connectivity index (χ2n) is 7.66. The molecule has 3 aromatic rings. The van der Waals surface area contributed by atoms with Gasteiger partial charge in [0.05, 0.1) is 12.6 Å². The molecule has 0 aromatic heterocycles. The molecule has 4 heteroatoms. The number of benzene rings is 3. The summed E-state index contributed by atoms with van der Waals surface area (Å²) in [5.41, 5.74) is 3.52. The average Bonchev–Trinajstić information content (AvgIpc) is 2.74. The molecule has 0 saturated carbocycles. The van der Waals surface area contributed by atoms with Gasteiger partial charge in [0.15, 0.2) is 0 Å². The number of nitrogens with one attached hydrogen (secondary N) is 1. The number of rotatable bonds is 5. The van der Waals surface area contributed by atoms with Gasteiger partial charge in [-0.25, -0.2) is 0 Å². The zero-order valence-electron chi connectivity index (χ0n) is 16.6. The van der Waals surface area contributed by atoms with Crippen molar-refractivity contribution in [2.45, 2.75) is 19.4 Å². The molecular formula is C25H26N2O2. The third-order valence-corrected chi connectivity index (χ3v) is 5.55. The van der Waals surface area contributed by atoms with Crippen LogP contribution in [-0.2, 0) is 4.79 Å². The Kier molecular flexibility index (Phi) is 5.63. The predicted molar refractivity (Wildman–Crippen MR) is 118 cm³/mol. The summed E-state index contributed by atoms with van der Waals surface area (Å²) in [4.78, 5) is 14.7. The number of carbonyl (C=O) groups is 1. The second-order valence-corrected chi connectivity index (χ2v) is 7.66. The molecule has 0 bridgehead atoms. The summed E-state index contributed by atoms with van der Waals surface area (Å²) in [7, 11) is 0. The van der Waals surface area contributed by atoms with Gasteiger partial charge in [-0.05, 0) is 59.0 Å². The van der Waals surface area contributed by atoms with E-state index < -0.39 is 0 Å². The summed E-state index contributed by atoms with van der Waals surface area (Å²) >= 11 is 0. The van der Waals surface area contributed by atoms with Gasteiger partial charge in [-0.15, -0.1) is 0 Å². The number of hydrogen-bond acceptors (Lipinski definition) is 3. The Morgan fingerprint density at radius 3 is 2.55 bits per heavy atom. The maximum atomic E-state index is 12.5. The van der Waals surface area contributed by atoms with E-state index in [0.29, 0.717) is 6.54 Å². The van der Waals surface area contributed by atoms with Crippen LogP contribution in [0.25, 0.3) is 16.3 Å². The first-order valence-corrected chi connectivity index (χ1v) is 10.1. The Bertz CT molecular complexity index is 1040. The van der Waals surface area contributed by atoms with Crippen LogP contribution in [0.15, 0.2) is 72.8 Å². The summed E-state index contributed by atoms with van der Waals surface area (Å²) in [6, 6.07) is 21.9. The van der Waals surface area contributed by atoms with E-state index >= 15 is 0 Å². The number of carbonyl (C=O) groups excluding carboxylic acids is 1. The highest BCUT2D eigenvalue weighted by molar-refractivity contribution is 5.83. The molecule has 3 aromatic carbocycles. The molecule has 2 N–H and O–H groups in total. The van der Waals surface area contributed by atoms with Crippen LogP contribution >= 0.6 is 0 Å². The minimum atomic E-state index is -0.0278. The third kappa shape index (κ3) is 4.66. The van der Waals surface area contributed by atoms with E-state index in [4.69, 9.17) is 0 Å². The summed E-state index contributed by atoms with van der Waals surface area (Å²) in [5, 5.41) is 15.0. The van der Waals surface area contributed by atoms with Crippen molar-refractivity contribution in [3.63, 3.8) is 0 Å². The lowest BCUT2D eigenvalue weighted by Gasteiger charge is -2.26. The van der Waals surface area contributed by atoms with Gasteiger partial charge >= 0.3 is 0 Å². The molecule has 4 nitrogen and oxygen atoms in total. The number of fused-ring (bicyclic) bond motifs is 1. The van der Waals surface area contributed by atoms with E-state index in [1.54, 1.807) is 12.1 Å². The quantitative estimate of drug-likeness (QED) is 0.678. The lowest BCUT2D eigenvalue weighted by molar-refractivity contribution is -0.122. The van der Waals surface area contributed by atoms with Crippen LogP contribution in [0, 0.1) is 0 Å². The zero-order valence-corrected chi connectivity index (χ0v) is 16.6. The first kappa shape index (κ1) is 19.2. The Balaban J connectivity index is 1.33. The molecule has 0 spiro atoms. The van der Waals surface area contributed by atoms with Gasteiger partial charge in [0, 0.05) is 13.1 Å². The number of phenolic OH excluding ortho intramolecular Hbond substituents is 1. The van der Waals surface area contributed by atoms with E-state index in [1.807, 2.05) is 31.2 Å². The first-order valence-electron chi connectivity index (χ1n) is 10.1. The second kappa shape index (κ2) is 8.50. The van der Waals surface area contributed by atoms with Crippen LogP contribution in [0.3, 0.4) is 0 Å². The Hall–Kier alpha value is -3.11. The smallest absolute Gasteiger partial charge is 0.234 e. The highest BCUT2D eigenvalue weighted by atomic mass is 16.3. The molecular weight excluding hydrogens is 360 g/mol. The SMILES string of the molecule is CC(NC(=O)CN1CC=C(c2ccc(O)cc2)CC1)c1ccc2ccccc2c1. The lowest BCUT2D eigenvalue weighted by Crippen LogP contribution is -2.40. The van der Waals surface area contributed by atoms with Crippen molar-refractivity contribution in [3.05, 3.63) is 83.9 Å². The molecule has 1 amide bonds. The Morgan fingerprint density at radius 2 is 1.83 bits per heavy atom. The molecule has 1 aliphatic rings. The van der Waals surface area contributed by atoms with Crippen molar-refractivity contribution in [1.82, 2.24) is 10.2 Å². The molecule has 0 aliphatic carbocycles. The Labute approximate surface area is 171 Å². The lowest BCUT2D eigenvalue weighted by atomic mass is 9.99. The van der Waals surface area contributed by atoms with Gasteiger partial charge < -0.3 is 10.4 Å². The van der Waals surface area contributed by atoms with Gasteiger partial charge in [0.1, 0.15) is 5.75 Å². The minimum Gasteiger partial charge on any atom is -0.508 e. The fourth-order valence-corrected chi connectivity index (χ4v) is 3.84. The number of nitrogens with zero attached hydrogens (tertiary/aromatic N) is 1. The van der Waals surface area contributed by atoms with E-state index in [9.17, 15) is 9.90 Å². The molecule has 1 aliphatic heterocycles. The van der Waals surface area contributed by atoms with Crippen molar-refractivity contribution in [3.8, 4) is 5.75 Å². The maximum absolute atomic E-state index is 12.5. The standard InChI is InChI=1S/C25H26N2O2/c1-18(22-7-6-19-4-2-3-5-23(19)16-22)26-25(29)17-27-14-12-21(13-15-27)20-8-10-24(28)11-9-20/h2-12,16,18,28H,13-15,17H2,1H3,(H,26,29). The average molecular weight is 386 g/mol.